The summed E-state index contributed by atoms with van der Waals surface area (Å²) in [4.78, 5) is 34.0. The molecule has 1 atom stereocenters. The van der Waals surface area contributed by atoms with Crippen LogP contribution in [0.4, 0.5) is 8.78 Å². The Kier molecular flexibility index (Phi) is 7.60. The number of piperazine rings is 1. The smallest absolute Gasteiger partial charge is 0.275 e. The number of rotatable bonds is 7. The highest BCUT2D eigenvalue weighted by Crippen LogP contribution is 2.20. The largest absolute Gasteiger partial charge is 0.447 e. The summed E-state index contributed by atoms with van der Waals surface area (Å²) in [7, 11) is 0. The van der Waals surface area contributed by atoms with Gasteiger partial charge in [-0.05, 0) is 18.9 Å². The molecule has 2 heterocycles. The minimum Gasteiger partial charge on any atom is -0.447 e. The molecule has 7 nitrogen and oxygen atoms in total. The van der Waals surface area contributed by atoms with Gasteiger partial charge in [-0.2, -0.15) is 0 Å². The predicted molar refractivity (Wildman–Crippen MR) is 115 cm³/mol. The van der Waals surface area contributed by atoms with Gasteiger partial charge in [-0.1, -0.05) is 19.9 Å². The van der Waals surface area contributed by atoms with E-state index < -0.39 is 11.6 Å². The summed E-state index contributed by atoms with van der Waals surface area (Å²) >= 11 is 0. The minimum absolute atomic E-state index is 0.00206. The van der Waals surface area contributed by atoms with Gasteiger partial charge in [-0.15, -0.1) is 0 Å². The number of carbonyl (C=O) groups excluding carboxylic acids is 2. The van der Waals surface area contributed by atoms with Crippen molar-refractivity contribution in [2.45, 2.75) is 46.8 Å². The van der Waals surface area contributed by atoms with Gasteiger partial charge in [0.05, 0.1) is 6.54 Å². The van der Waals surface area contributed by atoms with E-state index in [1.54, 1.807) is 9.80 Å². The summed E-state index contributed by atoms with van der Waals surface area (Å²) < 4.78 is 33.1. The van der Waals surface area contributed by atoms with Crippen molar-refractivity contribution >= 4 is 11.8 Å². The summed E-state index contributed by atoms with van der Waals surface area (Å²) in [5.74, 6) is -0.833. The fourth-order valence-electron chi connectivity index (χ4n) is 3.68. The van der Waals surface area contributed by atoms with Gasteiger partial charge in [0.1, 0.15) is 17.9 Å². The predicted octanol–water partition coefficient (Wildman–Crippen LogP) is 3.30. The van der Waals surface area contributed by atoms with Crippen LogP contribution in [0.5, 0.6) is 0 Å². The van der Waals surface area contributed by atoms with Crippen LogP contribution in [0.1, 0.15) is 49.6 Å². The van der Waals surface area contributed by atoms with E-state index in [2.05, 4.69) is 18.8 Å². The van der Waals surface area contributed by atoms with Crippen LogP contribution in [0.25, 0.3) is 0 Å². The minimum atomic E-state index is -0.616. The third-order valence-electron chi connectivity index (χ3n) is 6.05. The molecule has 0 spiro atoms. The van der Waals surface area contributed by atoms with Crippen molar-refractivity contribution in [1.82, 2.24) is 19.7 Å². The summed E-state index contributed by atoms with van der Waals surface area (Å²) in [6, 6.07) is 3.62. The monoisotopic (exact) mass is 448 g/mol. The number of oxazole rings is 1. The molecule has 1 unspecified atom stereocenters. The van der Waals surface area contributed by atoms with E-state index >= 15 is 0 Å². The number of amides is 2. The fraction of sp³-hybridized carbons (Fsp3) is 0.522. The van der Waals surface area contributed by atoms with Gasteiger partial charge < -0.3 is 14.2 Å². The molecule has 0 radical (unpaired) electrons. The van der Waals surface area contributed by atoms with E-state index in [0.29, 0.717) is 37.6 Å². The highest BCUT2D eigenvalue weighted by atomic mass is 19.1. The maximum atomic E-state index is 14.2. The normalized spacial score (nSPS) is 15.5. The van der Waals surface area contributed by atoms with Gasteiger partial charge in [0.2, 0.25) is 11.8 Å². The Morgan fingerprint density at radius 3 is 2.34 bits per heavy atom. The highest BCUT2D eigenvalue weighted by Gasteiger charge is 2.26. The molecule has 1 aromatic carbocycles. The number of aromatic nitrogens is 1. The first-order chi connectivity index (χ1) is 15.2. The standard InChI is InChI=1S/C23H30F2N4O3/c1-15(2)16(3)29(12-18-5-6-19(24)11-20(18)25)13-22-26-21(14-32-22)23(31)28-9-7-27(8-10-28)17(4)30/h5-6,11,14-16H,7-10,12-13H2,1-4H3. The van der Waals surface area contributed by atoms with Crippen LogP contribution in [0.3, 0.4) is 0 Å². The second-order valence-corrected chi connectivity index (χ2v) is 8.55. The van der Waals surface area contributed by atoms with Crippen molar-refractivity contribution in [2.75, 3.05) is 26.2 Å². The molecule has 174 valence electrons. The zero-order valence-electron chi connectivity index (χ0n) is 19.0. The van der Waals surface area contributed by atoms with E-state index in [1.807, 2.05) is 11.8 Å². The van der Waals surface area contributed by atoms with Gasteiger partial charge in [0, 0.05) is 57.3 Å². The number of hydrogen-bond acceptors (Lipinski definition) is 5. The zero-order chi connectivity index (χ0) is 23.4. The Morgan fingerprint density at radius 1 is 1.09 bits per heavy atom. The molecule has 1 aromatic heterocycles. The lowest BCUT2D eigenvalue weighted by Gasteiger charge is -2.33. The van der Waals surface area contributed by atoms with Gasteiger partial charge >= 0.3 is 0 Å². The van der Waals surface area contributed by atoms with Crippen molar-refractivity contribution in [2.24, 2.45) is 5.92 Å². The second-order valence-electron chi connectivity index (χ2n) is 8.55. The molecule has 2 amide bonds. The van der Waals surface area contributed by atoms with Crippen molar-refractivity contribution in [3.05, 3.63) is 53.2 Å². The number of nitrogens with zero attached hydrogens (tertiary/aromatic N) is 4. The number of carbonyl (C=O) groups is 2. The van der Waals surface area contributed by atoms with Crippen LogP contribution in [0, 0.1) is 17.6 Å². The van der Waals surface area contributed by atoms with Crippen molar-refractivity contribution in [3.8, 4) is 0 Å². The quantitative estimate of drug-likeness (QED) is 0.650. The second kappa shape index (κ2) is 10.2. The van der Waals surface area contributed by atoms with Crippen molar-refractivity contribution < 1.29 is 22.8 Å². The molecule has 0 bridgehead atoms. The van der Waals surface area contributed by atoms with Crippen LogP contribution in [0.2, 0.25) is 0 Å². The van der Waals surface area contributed by atoms with Crippen molar-refractivity contribution in [1.29, 1.82) is 0 Å². The molecule has 1 saturated heterocycles. The molecule has 1 fully saturated rings. The van der Waals surface area contributed by atoms with E-state index in [0.717, 1.165) is 6.07 Å². The molecule has 0 aliphatic carbocycles. The average Bonchev–Trinajstić information content (AvgIpc) is 3.22. The summed E-state index contributed by atoms with van der Waals surface area (Å²) in [5, 5.41) is 0. The lowest BCUT2D eigenvalue weighted by Crippen LogP contribution is -2.50. The number of benzene rings is 1. The molecule has 2 aromatic rings. The highest BCUT2D eigenvalue weighted by molar-refractivity contribution is 5.92. The van der Waals surface area contributed by atoms with E-state index in [4.69, 9.17) is 4.42 Å². The number of hydrogen-bond donors (Lipinski definition) is 0. The first-order valence-electron chi connectivity index (χ1n) is 10.8. The maximum Gasteiger partial charge on any atom is 0.275 e. The first-order valence-corrected chi connectivity index (χ1v) is 10.8. The molecule has 0 saturated carbocycles. The topological polar surface area (TPSA) is 69.9 Å². The SMILES string of the molecule is CC(=O)N1CCN(C(=O)c2coc(CN(Cc3ccc(F)cc3F)C(C)C(C)C)n2)CC1. The van der Waals surface area contributed by atoms with Crippen molar-refractivity contribution in [3.63, 3.8) is 0 Å². The summed E-state index contributed by atoms with van der Waals surface area (Å²) in [5.41, 5.74) is 0.589. The molecule has 0 N–H and O–H groups in total. The van der Waals surface area contributed by atoms with E-state index in [9.17, 15) is 18.4 Å². The fourth-order valence-corrected chi connectivity index (χ4v) is 3.68. The first kappa shape index (κ1) is 23.8. The third kappa shape index (κ3) is 5.70. The summed E-state index contributed by atoms with van der Waals surface area (Å²) in [6.45, 7) is 10.1. The molecular formula is C23H30F2N4O3. The molecule has 1 aliphatic rings. The Morgan fingerprint density at radius 2 is 1.75 bits per heavy atom. The van der Waals surface area contributed by atoms with Crippen LogP contribution in [0.15, 0.2) is 28.9 Å². The van der Waals surface area contributed by atoms with Crippen LogP contribution >= 0.6 is 0 Å². The zero-order valence-corrected chi connectivity index (χ0v) is 19.0. The van der Waals surface area contributed by atoms with Gasteiger partial charge in [-0.25, -0.2) is 13.8 Å². The molecule has 1 aliphatic heterocycles. The molecule has 3 rings (SSSR count). The maximum absolute atomic E-state index is 14.2. The van der Waals surface area contributed by atoms with E-state index in [1.165, 1.54) is 25.3 Å². The number of halogens is 2. The lowest BCUT2D eigenvalue weighted by molar-refractivity contribution is -0.130. The molecular weight excluding hydrogens is 418 g/mol. The Balaban J connectivity index is 1.69. The van der Waals surface area contributed by atoms with E-state index in [-0.39, 0.29) is 42.6 Å². The van der Waals surface area contributed by atoms with Crippen LogP contribution in [-0.2, 0) is 17.9 Å². The molecule has 32 heavy (non-hydrogen) atoms. The summed E-state index contributed by atoms with van der Waals surface area (Å²) in [6.07, 6.45) is 1.34. The van der Waals surface area contributed by atoms with Gasteiger partial charge in [0.15, 0.2) is 5.69 Å². The van der Waals surface area contributed by atoms with Gasteiger partial charge in [0.25, 0.3) is 5.91 Å². The Bertz CT molecular complexity index is 954. The molecule has 9 heteroatoms. The third-order valence-corrected chi connectivity index (χ3v) is 6.05. The Labute approximate surface area is 187 Å². The van der Waals surface area contributed by atoms with Gasteiger partial charge in [-0.3, -0.25) is 14.5 Å². The van der Waals surface area contributed by atoms with Crippen LogP contribution < -0.4 is 0 Å². The Hall–Kier alpha value is -2.81. The lowest BCUT2D eigenvalue weighted by atomic mass is 10.0. The van der Waals surface area contributed by atoms with Crippen LogP contribution in [-0.4, -0.2) is 63.7 Å². The average molecular weight is 449 g/mol.